The minimum atomic E-state index is -1.27. The van der Waals surface area contributed by atoms with Gasteiger partial charge in [-0.2, -0.15) is 4.73 Å². The number of ketones is 1. The predicted molar refractivity (Wildman–Crippen MR) is 142 cm³/mol. The molecule has 1 aromatic heterocycles. The Balaban J connectivity index is 1.89. The molecule has 2 fully saturated rings. The van der Waals surface area contributed by atoms with Gasteiger partial charge < -0.3 is 24.9 Å². The van der Waals surface area contributed by atoms with E-state index in [0.717, 1.165) is 24.0 Å². The van der Waals surface area contributed by atoms with Crippen molar-refractivity contribution in [3.05, 3.63) is 26.9 Å². The number of aliphatic hydroxyl groups excluding tert-OH is 2. The number of carbonyl (C=O) groups is 2. The van der Waals surface area contributed by atoms with Gasteiger partial charge in [0.25, 0.3) is 0 Å². The van der Waals surface area contributed by atoms with Gasteiger partial charge in [-0.3, -0.25) is 9.59 Å². The molecule has 2 N–H and O–H groups in total. The molecular formula is C28H43NO7S. The van der Waals surface area contributed by atoms with Crippen LogP contribution in [-0.4, -0.2) is 52.0 Å². The van der Waals surface area contributed by atoms with Gasteiger partial charge in [-0.15, -0.1) is 0 Å². The van der Waals surface area contributed by atoms with Crippen molar-refractivity contribution in [3.63, 3.8) is 0 Å². The summed E-state index contributed by atoms with van der Waals surface area (Å²) in [5.74, 6) is -1.60. The number of Topliss-reactive ketones (excluding diaryl/α,β-unsaturated/α-hetero) is 1. The van der Waals surface area contributed by atoms with Crippen molar-refractivity contribution in [3.8, 4) is 0 Å². The van der Waals surface area contributed by atoms with Crippen molar-refractivity contribution in [1.29, 1.82) is 0 Å². The third-order valence-corrected chi connectivity index (χ3v) is 9.29. The molecule has 7 atom stereocenters. The molecule has 8 nitrogen and oxygen atoms in total. The zero-order valence-corrected chi connectivity index (χ0v) is 24.0. The number of aryl methyl sites for hydroxylation is 1. The Morgan fingerprint density at radius 2 is 1.97 bits per heavy atom. The Morgan fingerprint density at radius 1 is 1.30 bits per heavy atom. The fraction of sp³-hybridized carbons (Fsp3) is 0.750. The van der Waals surface area contributed by atoms with Crippen LogP contribution in [0.5, 0.6) is 0 Å². The van der Waals surface area contributed by atoms with Gasteiger partial charge in [0.2, 0.25) is 10.7 Å². The average Bonchev–Trinajstić information content (AvgIpc) is 3.36. The Hall–Kier alpha value is -1.81. The van der Waals surface area contributed by atoms with Gasteiger partial charge in [0.1, 0.15) is 11.9 Å². The quantitative estimate of drug-likeness (QED) is 0.257. The third kappa shape index (κ3) is 6.61. The lowest BCUT2D eigenvalue weighted by atomic mass is 9.71. The molecule has 1 aromatic rings. The summed E-state index contributed by atoms with van der Waals surface area (Å²) in [6.45, 7) is 12.7. The molecule has 0 aromatic carbocycles. The molecule has 9 heteroatoms. The zero-order chi connectivity index (χ0) is 27.7. The highest BCUT2D eigenvalue weighted by atomic mass is 32.1. The minimum Gasteiger partial charge on any atom is -0.617 e. The van der Waals surface area contributed by atoms with Crippen LogP contribution in [0.2, 0.25) is 0 Å². The van der Waals surface area contributed by atoms with Gasteiger partial charge in [-0.05, 0) is 44.6 Å². The SMILES string of the molecule is CC[C@H]1C(=O)C(C)(C)[C@@H](O)CC(=O)O[C@H](C(C)=Cc2csc(C)[n+]2[O-])C[C@@H]2O[C@]2(C)CCC[C@H](C)[C@@H]1O. The maximum atomic E-state index is 13.5. The van der Waals surface area contributed by atoms with E-state index < -0.39 is 35.6 Å². The second kappa shape index (κ2) is 11.5. The van der Waals surface area contributed by atoms with Crippen LogP contribution in [0.4, 0.5) is 0 Å². The second-order valence-corrected chi connectivity index (χ2v) is 12.7. The molecule has 0 radical (unpaired) electrons. The van der Waals surface area contributed by atoms with Crippen LogP contribution in [0.1, 0.15) is 90.8 Å². The molecule has 0 amide bonds. The normalized spacial score (nSPS) is 36.1. The Bertz CT molecular complexity index is 1020. The van der Waals surface area contributed by atoms with Gasteiger partial charge in [-0.25, -0.2) is 0 Å². The van der Waals surface area contributed by atoms with Gasteiger partial charge >= 0.3 is 5.97 Å². The van der Waals surface area contributed by atoms with Gasteiger partial charge in [0.05, 0.1) is 41.1 Å². The topological polar surface area (TPSA) is 123 Å². The van der Waals surface area contributed by atoms with Gasteiger partial charge in [0.15, 0.2) is 0 Å². The van der Waals surface area contributed by atoms with Crippen LogP contribution in [0.3, 0.4) is 0 Å². The number of fused-ring (bicyclic) bond motifs is 1. The summed E-state index contributed by atoms with van der Waals surface area (Å²) in [6.07, 6.45) is 1.77. The highest BCUT2D eigenvalue weighted by Gasteiger charge is 2.53. The average molecular weight is 538 g/mol. The van der Waals surface area contributed by atoms with Crippen molar-refractivity contribution in [2.75, 3.05) is 0 Å². The first-order valence-electron chi connectivity index (χ1n) is 13.3. The minimum absolute atomic E-state index is 0.0914. The number of aromatic nitrogens is 1. The van der Waals surface area contributed by atoms with Gasteiger partial charge in [0, 0.05) is 25.3 Å². The number of epoxide rings is 1. The molecule has 2 saturated heterocycles. The van der Waals surface area contributed by atoms with Crippen molar-refractivity contribution < 1.29 is 34.0 Å². The van der Waals surface area contributed by atoms with E-state index in [-0.39, 0.29) is 29.8 Å². The molecule has 2 aliphatic rings. The first-order chi connectivity index (χ1) is 17.2. The molecule has 0 spiro atoms. The number of hydrogen-bond donors (Lipinski definition) is 2. The van der Waals surface area contributed by atoms with Crippen LogP contribution < -0.4 is 4.73 Å². The molecule has 208 valence electrons. The van der Waals surface area contributed by atoms with Crippen LogP contribution >= 0.6 is 11.3 Å². The lowest BCUT2D eigenvalue weighted by Crippen LogP contribution is -2.46. The number of ether oxygens (including phenoxy) is 2. The lowest BCUT2D eigenvalue weighted by Gasteiger charge is -2.35. The smallest absolute Gasteiger partial charge is 0.309 e. The van der Waals surface area contributed by atoms with E-state index in [0.29, 0.717) is 29.1 Å². The summed E-state index contributed by atoms with van der Waals surface area (Å²) in [5, 5.41) is 36.7. The summed E-state index contributed by atoms with van der Waals surface area (Å²) in [6, 6.07) is 0. The van der Waals surface area contributed by atoms with Crippen LogP contribution in [0.15, 0.2) is 11.0 Å². The summed E-state index contributed by atoms with van der Waals surface area (Å²) >= 11 is 1.35. The maximum Gasteiger partial charge on any atom is 0.309 e. The van der Waals surface area contributed by atoms with E-state index >= 15 is 0 Å². The molecule has 0 saturated carbocycles. The number of esters is 1. The predicted octanol–water partition coefficient (Wildman–Crippen LogP) is 4.11. The fourth-order valence-corrected chi connectivity index (χ4v) is 6.01. The number of carbonyl (C=O) groups excluding carboxylic acids is 2. The summed E-state index contributed by atoms with van der Waals surface area (Å²) in [4.78, 5) is 26.5. The first kappa shape index (κ1) is 29.7. The van der Waals surface area contributed by atoms with Gasteiger partial charge in [-0.1, -0.05) is 45.5 Å². The number of hydrogen-bond acceptors (Lipinski definition) is 8. The molecule has 2 aliphatic heterocycles. The Labute approximate surface area is 224 Å². The monoisotopic (exact) mass is 537 g/mol. The molecule has 0 bridgehead atoms. The van der Waals surface area contributed by atoms with Crippen LogP contribution in [0.25, 0.3) is 6.08 Å². The number of rotatable bonds is 3. The van der Waals surface area contributed by atoms with Crippen molar-refractivity contribution in [2.45, 2.75) is 117 Å². The van der Waals surface area contributed by atoms with Crippen molar-refractivity contribution >= 4 is 29.2 Å². The standard InChI is InChI=1S/C28H43NO7S/c1-8-20-25(32)16(2)10-9-11-28(7)23(36-28)13-21(17(3)12-19-15-37-18(4)29(19)34)35-24(31)14-22(30)27(5,6)26(20)33/h12,15-16,20-23,25,30,32H,8-11,13-14H2,1-7H3/t16-,20+,21-,22-,23-,25-,28+/m0/s1. The van der Waals surface area contributed by atoms with E-state index in [1.165, 1.54) is 11.3 Å². The van der Waals surface area contributed by atoms with E-state index in [4.69, 9.17) is 9.47 Å². The summed E-state index contributed by atoms with van der Waals surface area (Å²) in [7, 11) is 0. The molecule has 0 aliphatic carbocycles. The van der Waals surface area contributed by atoms with Crippen LogP contribution in [0, 0.1) is 29.4 Å². The highest BCUT2D eigenvalue weighted by Crippen LogP contribution is 2.45. The van der Waals surface area contributed by atoms with Crippen molar-refractivity contribution in [2.24, 2.45) is 17.3 Å². The fourth-order valence-electron chi connectivity index (χ4n) is 5.36. The largest absolute Gasteiger partial charge is 0.617 e. The maximum absolute atomic E-state index is 13.5. The summed E-state index contributed by atoms with van der Waals surface area (Å²) in [5.41, 5.74) is -0.404. The van der Waals surface area contributed by atoms with E-state index in [9.17, 15) is 25.0 Å². The highest BCUT2D eigenvalue weighted by molar-refractivity contribution is 7.09. The number of cyclic esters (lactones) is 1. The molecular weight excluding hydrogens is 494 g/mol. The molecule has 3 heterocycles. The molecule has 0 unspecified atom stereocenters. The Morgan fingerprint density at radius 3 is 2.57 bits per heavy atom. The number of aliphatic hydroxyl groups is 2. The molecule has 3 rings (SSSR count). The van der Waals surface area contributed by atoms with Crippen molar-refractivity contribution in [1.82, 2.24) is 0 Å². The van der Waals surface area contributed by atoms with E-state index in [1.807, 2.05) is 27.7 Å². The van der Waals surface area contributed by atoms with E-state index in [1.54, 1.807) is 32.2 Å². The second-order valence-electron chi connectivity index (χ2n) is 11.7. The van der Waals surface area contributed by atoms with E-state index in [2.05, 4.69) is 0 Å². The number of thiazole rings is 1. The first-order valence-corrected chi connectivity index (χ1v) is 14.2. The molecule has 37 heavy (non-hydrogen) atoms. The third-order valence-electron chi connectivity index (χ3n) is 8.42. The van der Waals surface area contributed by atoms with Crippen LogP contribution in [-0.2, 0) is 19.1 Å². The number of nitrogens with zero attached hydrogens (tertiary/aromatic N) is 1. The summed E-state index contributed by atoms with van der Waals surface area (Å²) < 4.78 is 12.7. The zero-order valence-electron chi connectivity index (χ0n) is 23.2. The Kier molecular flexibility index (Phi) is 9.26. The lowest BCUT2D eigenvalue weighted by molar-refractivity contribution is -0.608.